The fraction of sp³-hybridized carbons (Fsp3) is 0.571. The number of rotatable bonds is 6. The van der Waals surface area contributed by atoms with E-state index in [9.17, 15) is 0 Å². The van der Waals surface area contributed by atoms with Crippen molar-refractivity contribution < 1.29 is 4.74 Å². The first-order chi connectivity index (χ1) is 8.04. The summed E-state index contributed by atoms with van der Waals surface area (Å²) in [5, 5.41) is 0.700. The van der Waals surface area contributed by atoms with E-state index in [2.05, 4.69) is 13.8 Å². The molecule has 1 aromatic carbocycles. The number of hydrogen-bond acceptors (Lipinski definition) is 2. The van der Waals surface area contributed by atoms with Crippen LogP contribution in [0.4, 0.5) is 0 Å². The third-order valence-corrected chi connectivity index (χ3v) is 3.00. The molecule has 1 unspecified atom stereocenters. The minimum atomic E-state index is -0.0646. The van der Waals surface area contributed by atoms with Crippen molar-refractivity contribution in [3.63, 3.8) is 0 Å². The zero-order chi connectivity index (χ0) is 12.8. The Labute approximate surface area is 109 Å². The van der Waals surface area contributed by atoms with Gasteiger partial charge in [-0.1, -0.05) is 31.9 Å². The Balaban J connectivity index is 2.70. The van der Waals surface area contributed by atoms with Gasteiger partial charge in [-0.05, 0) is 37.5 Å². The SMILES string of the molecule is CCCC(C)COc1ccc(Cl)cc1[C@H](C)N. The average molecular weight is 256 g/mol. The molecular weight excluding hydrogens is 234 g/mol. The summed E-state index contributed by atoms with van der Waals surface area (Å²) >= 11 is 5.96. The van der Waals surface area contributed by atoms with Gasteiger partial charge in [-0.15, -0.1) is 0 Å². The van der Waals surface area contributed by atoms with Gasteiger partial charge >= 0.3 is 0 Å². The lowest BCUT2D eigenvalue weighted by Gasteiger charge is -2.17. The van der Waals surface area contributed by atoms with Gasteiger partial charge in [0.05, 0.1) is 6.61 Å². The first kappa shape index (κ1) is 14.3. The second-order valence-electron chi connectivity index (χ2n) is 4.68. The molecule has 2 atom stereocenters. The van der Waals surface area contributed by atoms with E-state index in [-0.39, 0.29) is 6.04 Å². The predicted molar refractivity (Wildman–Crippen MR) is 73.6 cm³/mol. The van der Waals surface area contributed by atoms with Crippen LogP contribution in [0.2, 0.25) is 5.02 Å². The molecule has 96 valence electrons. The van der Waals surface area contributed by atoms with Crippen LogP contribution < -0.4 is 10.5 Å². The molecule has 0 heterocycles. The van der Waals surface area contributed by atoms with Crippen molar-refractivity contribution in [1.82, 2.24) is 0 Å². The fourth-order valence-electron chi connectivity index (χ4n) is 1.81. The van der Waals surface area contributed by atoms with Crippen LogP contribution in [0.15, 0.2) is 18.2 Å². The second-order valence-corrected chi connectivity index (χ2v) is 5.11. The van der Waals surface area contributed by atoms with E-state index in [4.69, 9.17) is 22.1 Å². The number of ether oxygens (including phenoxy) is 1. The Morgan fingerprint density at radius 2 is 2.06 bits per heavy atom. The van der Waals surface area contributed by atoms with Crippen LogP contribution in [0.5, 0.6) is 5.75 Å². The van der Waals surface area contributed by atoms with Gasteiger partial charge in [0.1, 0.15) is 5.75 Å². The third kappa shape index (κ3) is 4.57. The van der Waals surface area contributed by atoms with Gasteiger partial charge in [0.2, 0.25) is 0 Å². The van der Waals surface area contributed by atoms with Crippen molar-refractivity contribution in [3.05, 3.63) is 28.8 Å². The van der Waals surface area contributed by atoms with Crippen molar-refractivity contribution in [1.29, 1.82) is 0 Å². The largest absolute Gasteiger partial charge is 0.493 e. The van der Waals surface area contributed by atoms with E-state index in [1.807, 2.05) is 25.1 Å². The monoisotopic (exact) mass is 255 g/mol. The molecule has 0 aliphatic heterocycles. The molecule has 0 radical (unpaired) electrons. The second kappa shape index (κ2) is 6.87. The van der Waals surface area contributed by atoms with Gasteiger partial charge in [0.15, 0.2) is 0 Å². The summed E-state index contributed by atoms with van der Waals surface area (Å²) in [4.78, 5) is 0. The maximum Gasteiger partial charge on any atom is 0.124 e. The molecule has 0 aliphatic rings. The van der Waals surface area contributed by atoms with Crippen molar-refractivity contribution >= 4 is 11.6 Å². The molecule has 0 saturated carbocycles. The van der Waals surface area contributed by atoms with E-state index >= 15 is 0 Å². The van der Waals surface area contributed by atoms with Crippen LogP contribution in [0.1, 0.15) is 45.2 Å². The zero-order valence-electron chi connectivity index (χ0n) is 10.9. The maximum atomic E-state index is 5.96. The van der Waals surface area contributed by atoms with Crippen molar-refractivity contribution in [3.8, 4) is 5.75 Å². The lowest BCUT2D eigenvalue weighted by Crippen LogP contribution is -2.12. The Hall–Kier alpha value is -0.730. The molecule has 0 spiro atoms. The van der Waals surface area contributed by atoms with Crippen LogP contribution in [0.3, 0.4) is 0 Å². The Morgan fingerprint density at radius 3 is 2.65 bits per heavy atom. The summed E-state index contributed by atoms with van der Waals surface area (Å²) < 4.78 is 5.83. The molecule has 2 N–H and O–H groups in total. The standard InChI is InChI=1S/C14H22ClNO/c1-4-5-10(2)9-17-14-7-6-12(15)8-13(14)11(3)16/h6-8,10-11H,4-5,9,16H2,1-3H3/t10?,11-/m0/s1. The summed E-state index contributed by atoms with van der Waals surface area (Å²) in [5.74, 6) is 1.42. The first-order valence-electron chi connectivity index (χ1n) is 6.22. The van der Waals surface area contributed by atoms with Crippen molar-refractivity contribution in [2.75, 3.05) is 6.61 Å². The topological polar surface area (TPSA) is 35.2 Å². The van der Waals surface area contributed by atoms with Gasteiger partial charge in [0, 0.05) is 16.6 Å². The molecular formula is C14H22ClNO. The molecule has 3 heteroatoms. The molecule has 1 aromatic rings. The van der Waals surface area contributed by atoms with Gasteiger partial charge in [0.25, 0.3) is 0 Å². The quantitative estimate of drug-likeness (QED) is 0.828. The first-order valence-corrected chi connectivity index (χ1v) is 6.60. The Morgan fingerprint density at radius 1 is 1.35 bits per heavy atom. The highest BCUT2D eigenvalue weighted by Gasteiger charge is 2.10. The normalized spacial score (nSPS) is 14.4. The van der Waals surface area contributed by atoms with Crippen molar-refractivity contribution in [2.45, 2.75) is 39.7 Å². The van der Waals surface area contributed by atoms with E-state index in [1.54, 1.807) is 0 Å². The summed E-state index contributed by atoms with van der Waals surface area (Å²) in [6, 6.07) is 5.56. The molecule has 0 saturated heterocycles. The van der Waals surface area contributed by atoms with Crippen molar-refractivity contribution in [2.24, 2.45) is 11.7 Å². The Bertz CT molecular complexity index is 352. The zero-order valence-corrected chi connectivity index (χ0v) is 11.6. The van der Waals surface area contributed by atoms with E-state index in [1.165, 1.54) is 12.8 Å². The minimum Gasteiger partial charge on any atom is -0.493 e. The smallest absolute Gasteiger partial charge is 0.124 e. The third-order valence-electron chi connectivity index (χ3n) is 2.77. The van der Waals surface area contributed by atoms with Gasteiger partial charge in [-0.3, -0.25) is 0 Å². The lowest BCUT2D eigenvalue weighted by molar-refractivity contribution is 0.248. The van der Waals surface area contributed by atoms with Gasteiger partial charge in [-0.2, -0.15) is 0 Å². The average Bonchev–Trinajstić information content (AvgIpc) is 2.27. The molecule has 0 aliphatic carbocycles. The lowest BCUT2D eigenvalue weighted by atomic mass is 10.1. The number of nitrogens with two attached hydrogens (primary N) is 1. The van der Waals surface area contributed by atoms with E-state index in [0.717, 1.165) is 17.9 Å². The highest BCUT2D eigenvalue weighted by Crippen LogP contribution is 2.27. The van der Waals surface area contributed by atoms with Crippen LogP contribution in [0.25, 0.3) is 0 Å². The summed E-state index contributed by atoms with van der Waals surface area (Å²) in [6.07, 6.45) is 2.37. The summed E-state index contributed by atoms with van der Waals surface area (Å²) in [6.45, 7) is 7.06. The molecule has 0 amide bonds. The number of halogens is 1. The fourth-order valence-corrected chi connectivity index (χ4v) is 2.00. The van der Waals surface area contributed by atoms with Crippen LogP contribution in [-0.4, -0.2) is 6.61 Å². The molecule has 17 heavy (non-hydrogen) atoms. The van der Waals surface area contributed by atoms with Crippen LogP contribution in [-0.2, 0) is 0 Å². The predicted octanol–water partition coefficient (Wildman–Crippen LogP) is 4.17. The highest BCUT2D eigenvalue weighted by atomic mass is 35.5. The maximum absolute atomic E-state index is 5.96. The summed E-state index contributed by atoms with van der Waals surface area (Å²) in [7, 11) is 0. The van der Waals surface area contributed by atoms with E-state index < -0.39 is 0 Å². The molecule has 0 bridgehead atoms. The van der Waals surface area contributed by atoms with Gasteiger partial charge in [-0.25, -0.2) is 0 Å². The van der Waals surface area contributed by atoms with E-state index in [0.29, 0.717) is 10.9 Å². The Kier molecular flexibility index (Phi) is 5.79. The molecule has 2 nitrogen and oxygen atoms in total. The minimum absolute atomic E-state index is 0.0646. The summed E-state index contributed by atoms with van der Waals surface area (Å²) in [5.41, 5.74) is 6.88. The number of hydrogen-bond donors (Lipinski definition) is 1. The molecule has 1 rings (SSSR count). The molecule has 0 fully saturated rings. The van der Waals surface area contributed by atoms with Crippen LogP contribution >= 0.6 is 11.6 Å². The highest BCUT2D eigenvalue weighted by molar-refractivity contribution is 6.30. The molecule has 0 aromatic heterocycles. The van der Waals surface area contributed by atoms with Gasteiger partial charge < -0.3 is 10.5 Å². The van der Waals surface area contributed by atoms with Crippen LogP contribution in [0, 0.1) is 5.92 Å². The number of benzene rings is 1.